The Bertz CT molecular complexity index is 1990. The molecule has 6 rings (SSSR count). The summed E-state index contributed by atoms with van der Waals surface area (Å²) in [6.07, 6.45) is 12.7. The Balaban J connectivity index is 0.000000207. The number of nitrogens with zero attached hydrogens (tertiary/aromatic N) is 7. The third-order valence-corrected chi connectivity index (χ3v) is 10.4. The summed E-state index contributed by atoms with van der Waals surface area (Å²) in [5, 5.41) is 32.8. The lowest BCUT2D eigenvalue weighted by molar-refractivity contribution is -0.132. The monoisotopic (exact) mass is 806 g/mol. The number of amides is 3. The molecule has 3 N–H and O–H groups in total. The van der Waals surface area contributed by atoms with Gasteiger partial charge in [-0.05, 0) is 122 Å². The minimum atomic E-state index is -0.416. The average molecular weight is 807 g/mol. The number of carbonyl (C=O) groups excluding carboxylic acids is 3. The number of hydrogen-bond acceptors (Lipinski definition) is 11. The van der Waals surface area contributed by atoms with Gasteiger partial charge in [-0.2, -0.15) is 5.10 Å². The fourth-order valence-corrected chi connectivity index (χ4v) is 7.05. The van der Waals surface area contributed by atoms with E-state index in [9.17, 15) is 14.4 Å². The zero-order valence-electron chi connectivity index (χ0n) is 36.2. The maximum absolute atomic E-state index is 12.9. The Morgan fingerprint density at radius 3 is 2.03 bits per heavy atom. The maximum Gasteiger partial charge on any atom is 0.407 e. The molecule has 14 nitrogen and oxygen atoms in total. The lowest BCUT2D eigenvalue weighted by atomic mass is 9.74. The zero-order valence-corrected chi connectivity index (χ0v) is 36.2. The summed E-state index contributed by atoms with van der Waals surface area (Å²) >= 11 is 0. The summed E-state index contributed by atoms with van der Waals surface area (Å²) in [5.74, 6) is 1.26. The van der Waals surface area contributed by atoms with Crippen LogP contribution < -0.4 is 16.0 Å². The van der Waals surface area contributed by atoms with E-state index >= 15 is 0 Å². The highest BCUT2D eigenvalue weighted by Gasteiger charge is 2.37. The topological polar surface area (TPSA) is 187 Å². The van der Waals surface area contributed by atoms with Gasteiger partial charge in [0.2, 0.25) is 17.6 Å². The van der Waals surface area contributed by atoms with Gasteiger partial charge in [-0.25, -0.2) is 4.79 Å². The van der Waals surface area contributed by atoms with E-state index in [2.05, 4.69) is 70.6 Å². The zero-order chi connectivity index (χ0) is 43.0. The SMILES string of the molecule is CNC(=O)OC1/C=C/CC(C)(C(=O)NC(C)C)CCC1.Cc1nnc(-c2ccccc2)c2c1CC(C)(C(=O)NC(C)C)CCCC2.Cc1nnc(-c2ccccn2)nn1. The van der Waals surface area contributed by atoms with E-state index in [1.807, 2.05) is 90.1 Å². The molecule has 2 aliphatic rings. The van der Waals surface area contributed by atoms with Gasteiger partial charge in [0.15, 0.2) is 5.82 Å². The van der Waals surface area contributed by atoms with Crippen LogP contribution in [0.4, 0.5) is 4.79 Å². The number of alkyl carbamates (subject to hydrolysis) is 1. The van der Waals surface area contributed by atoms with Crippen molar-refractivity contribution in [1.82, 2.24) is 51.5 Å². The van der Waals surface area contributed by atoms with Gasteiger partial charge in [0, 0.05) is 36.3 Å². The highest BCUT2D eigenvalue weighted by molar-refractivity contribution is 5.83. The largest absolute Gasteiger partial charge is 0.442 e. The number of ether oxygens (including phenoxy) is 1. The van der Waals surface area contributed by atoms with Gasteiger partial charge in [-0.3, -0.25) is 14.6 Å². The van der Waals surface area contributed by atoms with E-state index < -0.39 is 11.5 Å². The fraction of sp³-hybridized carbons (Fsp3) is 0.511. The van der Waals surface area contributed by atoms with Crippen molar-refractivity contribution in [1.29, 1.82) is 0 Å². The van der Waals surface area contributed by atoms with E-state index in [0.717, 1.165) is 68.3 Å². The van der Waals surface area contributed by atoms with Crippen molar-refractivity contribution in [2.75, 3.05) is 7.05 Å². The van der Waals surface area contributed by atoms with Crippen molar-refractivity contribution in [2.24, 2.45) is 10.8 Å². The normalized spacial score (nSPS) is 20.6. The summed E-state index contributed by atoms with van der Waals surface area (Å²) in [7, 11) is 1.54. The Morgan fingerprint density at radius 1 is 0.763 bits per heavy atom. The smallest absolute Gasteiger partial charge is 0.407 e. The minimum Gasteiger partial charge on any atom is -0.442 e. The van der Waals surface area contributed by atoms with Crippen LogP contribution in [0.1, 0.15) is 109 Å². The van der Waals surface area contributed by atoms with Gasteiger partial charge >= 0.3 is 6.09 Å². The molecule has 59 heavy (non-hydrogen) atoms. The summed E-state index contributed by atoms with van der Waals surface area (Å²) in [6, 6.07) is 16.1. The summed E-state index contributed by atoms with van der Waals surface area (Å²) in [4.78, 5) is 40.5. The van der Waals surface area contributed by atoms with Gasteiger partial charge in [0.1, 0.15) is 11.8 Å². The Kier molecular flexibility index (Phi) is 17.1. The molecular weight excluding hydrogens is 745 g/mol. The molecule has 0 radical (unpaired) electrons. The molecule has 0 saturated heterocycles. The molecule has 316 valence electrons. The number of carbonyl (C=O) groups is 3. The molecule has 3 heterocycles. The van der Waals surface area contributed by atoms with Crippen LogP contribution in [0.15, 0.2) is 66.9 Å². The molecule has 0 spiro atoms. The first-order valence-electron chi connectivity index (χ1n) is 20.7. The second kappa shape index (κ2) is 21.9. The van der Waals surface area contributed by atoms with Gasteiger partial charge in [0.05, 0.1) is 16.8 Å². The predicted octanol–water partition coefficient (Wildman–Crippen LogP) is 7.26. The molecule has 3 atom stereocenters. The predicted molar refractivity (Wildman–Crippen MR) is 229 cm³/mol. The third kappa shape index (κ3) is 13.7. The number of hydrogen-bond donors (Lipinski definition) is 3. The first kappa shape index (κ1) is 46.0. The van der Waals surface area contributed by atoms with Gasteiger partial charge in [-0.1, -0.05) is 62.7 Å². The van der Waals surface area contributed by atoms with Crippen LogP contribution in [0.5, 0.6) is 0 Å². The fourth-order valence-electron chi connectivity index (χ4n) is 7.05. The number of aryl methyl sites for hydroxylation is 2. The Hall–Kier alpha value is -5.66. The van der Waals surface area contributed by atoms with Crippen LogP contribution in [-0.2, 0) is 27.2 Å². The second-order valence-electron chi connectivity index (χ2n) is 16.4. The molecule has 0 bridgehead atoms. The van der Waals surface area contributed by atoms with Crippen molar-refractivity contribution in [2.45, 2.75) is 131 Å². The molecule has 0 fully saturated rings. The summed E-state index contributed by atoms with van der Waals surface area (Å²) in [6.45, 7) is 15.8. The number of benzene rings is 1. The average Bonchev–Trinajstić information content (AvgIpc) is 3.20. The molecule has 14 heteroatoms. The molecule has 3 aromatic heterocycles. The molecule has 4 aromatic rings. The first-order chi connectivity index (χ1) is 28.1. The Labute approximate surface area is 349 Å². The number of fused-ring (bicyclic) bond motifs is 1. The molecule has 3 unspecified atom stereocenters. The van der Waals surface area contributed by atoms with Crippen LogP contribution in [0.3, 0.4) is 0 Å². The Morgan fingerprint density at radius 2 is 1.41 bits per heavy atom. The lowest BCUT2D eigenvalue weighted by Gasteiger charge is -2.33. The van der Waals surface area contributed by atoms with Gasteiger partial charge < -0.3 is 20.7 Å². The van der Waals surface area contributed by atoms with E-state index in [1.165, 1.54) is 11.1 Å². The number of aromatic nitrogens is 7. The van der Waals surface area contributed by atoms with E-state index in [1.54, 1.807) is 20.2 Å². The van der Waals surface area contributed by atoms with Crippen LogP contribution in [-0.4, -0.2) is 78.7 Å². The van der Waals surface area contributed by atoms with Crippen LogP contribution in [0, 0.1) is 24.7 Å². The lowest BCUT2D eigenvalue weighted by Crippen LogP contribution is -2.44. The standard InChI is InChI=1S/C22H29N3O.C15H26N2O3.C8H7N5/c1-15(2)23-21(26)22(4)13-9-8-12-18-19(14-22)16(3)24-25-20(18)17-10-6-5-7-11-17;1-11(2)17-13(18)15(3)9-5-7-12(8-6-10-15)20-14(19)16-4;1-6-10-12-8(13-11-6)7-4-2-3-5-9-7/h5-7,10-11,15H,8-9,12-14H2,1-4H3,(H,23,26);5,7,11-12H,6,8-10H2,1-4H3,(H,16,19)(H,17,18);2-5H,1H3/b;7-5+;. The van der Waals surface area contributed by atoms with Gasteiger partial charge in [0.25, 0.3) is 0 Å². The van der Waals surface area contributed by atoms with E-state index in [0.29, 0.717) is 23.8 Å². The van der Waals surface area contributed by atoms with Crippen molar-refractivity contribution >= 4 is 17.9 Å². The first-order valence-corrected chi connectivity index (χ1v) is 20.7. The summed E-state index contributed by atoms with van der Waals surface area (Å²) in [5.41, 5.74) is 5.41. The number of pyridine rings is 1. The number of rotatable bonds is 7. The molecular formula is C45H62N10O4. The van der Waals surface area contributed by atoms with Crippen molar-refractivity contribution in [3.63, 3.8) is 0 Å². The highest BCUT2D eigenvalue weighted by atomic mass is 16.6. The van der Waals surface area contributed by atoms with Crippen LogP contribution >= 0.6 is 0 Å². The number of nitrogens with one attached hydrogen (secondary N) is 3. The van der Waals surface area contributed by atoms with Crippen molar-refractivity contribution in [3.8, 4) is 22.8 Å². The molecule has 3 amide bonds. The van der Waals surface area contributed by atoms with Crippen molar-refractivity contribution in [3.05, 3.63) is 89.5 Å². The minimum absolute atomic E-state index is 0.0998. The van der Waals surface area contributed by atoms with E-state index in [4.69, 9.17) is 4.74 Å². The summed E-state index contributed by atoms with van der Waals surface area (Å²) < 4.78 is 5.23. The van der Waals surface area contributed by atoms with Gasteiger partial charge in [-0.15, -0.1) is 25.5 Å². The molecule has 1 aromatic carbocycles. The third-order valence-electron chi connectivity index (χ3n) is 10.4. The quantitative estimate of drug-likeness (QED) is 0.160. The molecule has 0 saturated carbocycles. The highest BCUT2D eigenvalue weighted by Crippen LogP contribution is 2.37. The van der Waals surface area contributed by atoms with Crippen molar-refractivity contribution < 1.29 is 19.1 Å². The van der Waals surface area contributed by atoms with Crippen LogP contribution in [0.25, 0.3) is 22.8 Å². The number of allylic oxidation sites excluding steroid dienone is 1. The maximum atomic E-state index is 12.9. The molecule has 0 aliphatic heterocycles. The second-order valence-corrected chi connectivity index (χ2v) is 16.4. The van der Waals surface area contributed by atoms with Crippen LogP contribution in [0.2, 0.25) is 0 Å². The molecule has 2 aliphatic carbocycles. The van der Waals surface area contributed by atoms with E-state index in [-0.39, 0.29) is 35.4 Å².